The van der Waals surface area contributed by atoms with Crippen LogP contribution in [0.4, 0.5) is 23.7 Å². The van der Waals surface area contributed by atoms with Crippen molar-refractivity contribution in [1.29, 1.82) is 0 Å². The van der Waals surface area contributed by atoms with Crippen LogP contribution in [0.25, 0.3) is 22.4 Å². The molecule has 1 aliphatic rings. The van der Waals surface area contributed by atoms with Crippen LogP contribution in [-0.4, -0.2) is 58.1 Å². The van der Waals surface area contributed by atoms with Crippen LogP contribution in [0.15, 0.2) is 47.0 Å². The number of fused-ring (bicyclic) bond motifs is 1. The summed E-state index contributed by atoms with van der Waals surface area (Å²) >= 11 is 0. The lowest BCUT2D eigenvalue weighted by atomic mass is 10.1. The summed E-state index contributed by atoms with van der Waals surface area (Å²) in [4.78, 5) is 16.7. The minimum Gasteiger partial charge on any atom is -0.415 e. The van der Waals surface area contributed by atoms with Crippen LogP contribution in [0, 0.1) is 5.82 Å². The second-order valence-electron chi connectivity index (χ2n) is 8.63. The highest BCUT2D eigenvalue weighted by Crippen LogP contribution is 2.28. The summed E-state index contributed by atoms with van der Waals surface area (Å²) in [7, 11) is 5.56. The van der Waals surface area contributed by atoms with Gasteiger partial charge < -0.3 is 14.6 Å². The standard InChI is InChI=1S/C23H21F3N6O2.C2H7N/c1-30-19-11-17(7-6-15(19)12-27-30)32(23(33)31-8-2-3-9-31)13-16-5-4-14(10-18(16)24)21-28-29-22(34-21)20(25)26;1-3-2/h4-7,10-12,20H,2-3,8-9,13H2,1H3;3H,1-2H3. The molecular formula is C25H28F3N7O2. The number of rotatable bonds is 5. The Bertz CT molecular complexity index is 1370. The van der Waals surface area contributed by atoms with E-state index in [-0.39, 0.29) is 29.6 Å². The summed E-state index contributed by atoms with van der Waals surface area (Å²) in [5.74, 6) is -1.64. The number of likely N-dealkylation sites (tertiary alicyclic amines) is 1. The Morgan fingerprint density at radius 1 is 1.14 bits per heavy atom. The largest absolute Gasteiger partial charge is 0.415 e. The molecule has 0 bridgehead atoms. The quantitative estimate of drug-likeness (QED) is 0.412. The van der Waals surface area contributed by atoms with Gasteiger partial charge in [0.15, 0.2) is 0 Å². The number of hydrogen-bond acceptors (Lipinski definition) is 6. The van der Waals surface area contributed by atoms with Gasteiger partial charge in [0, 0.05) is 42.3 Å². The zero-order valence-electron chi connectivity index (χ0n) is 20.8. The van der Waals surface area contributed by atoms with Gasteiger partial charge >= 0.3 is 12.5 Å². The molecule has 1 aliphatic heterocycles. The number of nitrogens with zero attached hydrogens (tertiary/aromatic N) is 6. The number of carbonyl (C=O) groups excluding carboxylic acids is 1. The number of halogens is 3. The third kappa shape index (κ3) is 5.74. The highest BCUT2D eigenvalue weighted by Gasteiger charge is 2.26. The molecule has 196 valence electrons. The first-order valence-electron chi connectivity index (χ1n) is 11.8. The van der Waals surface area contributed by atoms with Crippen molar-refractivity contribution in [2.24, 2.45) is 7.05 Å². The highest BCUT2D eigenvalue weighted by atomic mass is 19.3. The first kappa shape index (κ1) is 26.1. The fourth-order valence-corrected chi connectivity index (χ4v) is 4.07. The van der Waals surface area contributed by atoms with E-state index < -0.39 is 18.1 Å². The first-order chi connectivity index (χ1) is 17.8. The van der Waals surface area contributed by atoms with Crippen molar-refractivity contribution in [3.63, 3.8) is 0 Å². The van der Waals surface area contributed by atoms with E-state index in [1.807, 2.05) is 39.3 Å². The molecule has 0 aliphatic carbocycles. The van der Waals surface area contributed by atoms with Crippen molar-refractivity contribution >= 4 is 22.6 Å². The average Bonchev–Trinajstić information content (AvgIpc) is 3.65. The van der Waals surface area contributed by atoms with E-state index in [2.05, 4.69) is 20.6 Å². The lowest BCUT2D eigenvalue weighted by Crippen LogP contribution is -2.41. The number of amides is 2. The molecule has 12 heteroatoms. The second kappa shape index (κ2) is 11.4. The molecule has 4 aromatic rings. The van der Waals surface area contributed by atoms with E-state index in [1.54, 1.807) is 15.8 Å². The van der Waals surface area contributed by atoms with Gasteiger partial charge in [-0.3, -0.25) is 9.58 Å². The number of benzene rings is 2. The topological polar surface area (TPSA) is 92.3 Å². The molecule has 0 spiro atoms. The number of nitrogens with one attached hydrogen (secondary N) is 1. The summed E-state index contributed by atoms with van der Waals surface area (Å²) in [6.45, 7) is 1.28. The summed E-state index contributed by atoms with van der Waals surface area (Å²) < 4.78 is 47.2. The third-order valence-corrected chi connectivity index (χ3v) is 5.91. The average molecular weight is 516 g/mol. The SMILES string of the molecule is CNC.Cn1ncc2ccc(N(Cc3ccc(-c4nnc(C(F)F)o4)cc3F)C(=O)N3CCCC3)cc21. The Balaban J connectivity index is 0.00000102. The zero-order chi connectivity index (χ0) is 26.5. The van der Waals surface area contributed by atoms with Crippen LogP contribution in [0.3, 0.4) is 0 Å². The molecule has 3 heterocycles. The fraction of sp³-hybridized carbons (Fsp3) is 0.360. The van der Waals surface area contributed by atoms with Crippen LogP contribution in [0.2, 0.25) is 0 Å². The van der Waals surface area contributed by atoms with E-state index in [4.69, 9.17) is 4.42 Å². The Labute approximate surface area is 211 Å². The van der Waals surface area contributed by atoms with Gasteiger partial charge in [-0.05, 0) is 57.3 Å². The van der Waals surface area contributed by atoms with Gasteiger partial charge in [-0.25, -0.2) is 9.18 Å². The van der Waals surface area contributed by atoms with Gasteiger partial charge in [-0.1, -0.05) is 6.07 Å². The first-order valence-corrected chi connectivity index (χ1v) is 11.8. The molecular weight excluding hydrogens is 487 g/mol. The molecule has 1 N–H and O–H groups in total. The molecule has 2 aromatic carbocycles. The number of urea groups is 1. The van der Waals surface area contributed by atoms with Crippen LogP contribution < -0.4 is 10.2 Å². The molecule has 1 fully saturated rings. The molecule has 2 amide bonds. The van der Waals surface area contributed by atoms with E-state index in [9.17, 15) is 13.6 Å². The zero-order valence-corrected chi connectivity index (χ0v) is 20.8. The molecule has 0 radical (unpaired) electrons. The molecule has 0 saturated carbocycles. The Morgan fingerprint density at radius 3 is 2.51 bits per heavy atom. The van der Waals surface area contributed by atoms with E-state index in [0.29, 0.717) is 18.8 Å². The number of aromatic nitrogens is 4. The lowest BCUT2D eigenvalue weighted by molar-refractivity contribution is 0.116. The molecule has 1 saturated heterocycles. The van der Waals surface area contributed by atoms with Crippen LogP contribution in [0.1, 0.15) is 30.7 Å². The summed E-state index contributed by atoms with van der Waals surface area (Å²) in [6, 6.07) is 9.47. The maximum absolute atomic E-state index is 15.1. The van der Waals surface area contributed by atoms with Gasteiger partial charge in [0.2, 0.25) is 5.89 Å². The highest BCUT2D eigenvalue weighted by molar-refractivity contribution is 5.94. The van der Waals surface area contributed by atoms with Crippen molar-refractivity contribution in [2.45, 2.75) is 25.8 Å². The predicted octanol–water partition coefficient (Wildman–Crippen LogP) is 4.76. The van der Waals surface area contributed by atoms with Crippen molar-refractivity contribution in [1.82, 2.24) is 30.2 Å². The molecule has 2 aromatic heterocycles. The maximum atomic E-state index is 15.1. The van der Waals surface area contributed by atoms with Crippen molar-refractivity contribution in [2.75, 3.05) is 32.1 Å². The Kier molecular flexibility index (Phi) is 8.07. The number of alkyl halides is 2. The van der Waals surface area contributed by atoms with E-state index >= 15 is 4.39 Å². The summed E-state index contributed by atoms with van der Waals surface area (Å²) in [5.41, 5.74) is 1.90. The van der Waals surface area contributed by atoms with Gasteiger partial charge in [0.05, 0.1) is 18.3 Å². The van der Waals surface area contributed by atoms with E-state index in [0.717, 1.165) is 29.8 Å². The van der Waals surface area contributed by atoms with Crippen LogP contribution >= 0.6 is 0 Å². The van der Waals surface area contributed by atoms with Crippen LogP contribution in [0.5, 0.6) is 0 Å². The lowest BCUT2D eigenvalue weighted by Gasteiger charge is -2.28. The number of carbonyl (C=O) groups is 1. The van der Waals surface area contributed by atoms with Crippen LogP contribution in [-0.2, 0) is 13.6 Å². The number of aryl methyl sites for hydroxylation is 1. The molecule has 0 unspecified atom stereocenters. The Hall–Kier alpha value is -3.93. The molecule has 9 nitrogen and oxygen atoms in total. The van der Waals surface area contributed by atoms with Gasteiger partial charge in [0.1, 0.15) is 5.82 Å². The minimum absolute atomic E-state index is 0.0169. The smallest absolute Gasteiger partial charge is 0.324 e. The monoisotopic (exact) mass is 515 g/mol. The van der Waals surface area contributed by atoms with Gasteiger partial charge in [0.25, 0.3) is 5.89 Å². The van der Waals surface area contributed by atoms with E-state index in [1.165, 1.54) is 17.0 Å². The summed E-state index contributed by atoms with van der Waals surface area (Å²) in [6.07, 6.45) is 0.677. The van der Waals surface area contributed by atoms with Crippen molar-refractivity contribution in [3.05, 3.63) is 59.9 Å². The third-order valence-electron chi connectivity index (χ3n) is 5.91. The van der Waals surface area contributed by atoms with Crippen molar-refractivity contribution < 1.29 is 22.4 Å². The number of hydrogen-bond donors (Lipinski definition) is 1. The molecule has 0 atom stereocenters. The minimum atomic E-state index is -2.91. The maximum Gasteiger partial charge on any atom is 0.324 e. The molecule has 37 heavy (non-hydrogen) atoms. The number of anilines is 1. The predicted molar refractivity (Wildman–Crippen MR) is 133 cm³/mol. The molecule has 5 rings (SSSR count). The normalized spacial score (nSPS) is 13.2. The fourth-order valence-electron chi connectivity index (χ4n) is 4.07. The van der Waals surface area contributed by atoms with Gasteiger partial charge in [-0.15, -0.1) is 10.2 Å². The second-order valence-corrected chi connectivity index (χ2v) is 8.63. The summed E-state index contributed by atoms with van der Waals surface area (Å²) in [5, 5.41) is 14.8. The van der Waals surface area contributed by atoms with Gasteiger partial charge in [-0.2, -0.15) is 13.9 Å². The van der Waals surface area contributed by atoms with Crippen molar-refractivity contribution in [3.8, 4) is 11.5 Å². The Morgan fingerprint density at radius 2 is 1.86 bits per heavy atom.